The Kier molecular flexibility index (Phi) is 5.16. The van der Waals surface area contributed by atoms with Crippen LogP contribution in [-0.2, 0) is 14.3 Å². The van der Waals surface area contributed by atoms with Crippen LogP contribution in [0.15, 0.2) is 24.3 Å². The summed E-state index contributed by atoms with van der Waals surface area (Å²) in [6.45, 7) is 1.58. The minimum absolute atomic E-state index is 0.0347. The van der Waals surface area contributed by atoms with Crippen molar-refractivity contribution >= 4 is 29.5 Å². The molecule has 0 aromatic heterocycles. The van der Waals surface area contributed by atoms with Gasteiger partial charge < -0.3 is 15.4 Å². The zero-order valence-corrected chi connectivity index (χ0v) is 15.4. The second kappa shape index (κ2) is 7.38. The summed E-state index contributed by atoms with van der Waals surface area (Å²) < 4.78 is 4.65. The number of imide groups is 1. The third-order valence-corrected chi connectivity index (χ3v) is 5.37. The van der Waals surface area contributed by atoms with Crippen LogP contribution in [0.5, 0.6) is 0 Å². The van der Waals surface area contributed by atoms with Gasteiger partial charge in [-0.15, -0.1) is 0 Å². The second-order valence-corrected chi connectivity index (χ2v) is 7.06. The number of urea groups is 1. The van der Waals surface area contributed by atoms with Gasteiger partial charge in [0, 0.05) is 5.69 Å². The van der Waals surface area contributed by atoms with Gasteiger partial charge in [0.05, 0.1) is 12.7 Å². The van der Waals surface area contributed by atoms with Crippen LogP contribution in [0.2, 0.25) is 0 Å². The molecule has 2 unspecified atom stereocenters. The summed E-state index contributed by atoms with van der Waals surface area (Å²) >= 11 is 0. The third-order valence-electron chi connectivity index (χ3n) is 5.37. The molecule has 2 fully saturated rings. The highest BCUT2D eigenvalue weighted by Crippen LogP contribution is 2.38. The molecule has 144 valence electrons. The number of methoxy groups -OCH3 is 1. The van der Waals surface area contributed by atoms with Crippen molar-refractivity contribution in [2.24, 2.45) is 5.92 Å². The molecule has 1 heterocycles. The number of benzene rings is 1. The van der Waals surface area contributed by atoms with Crippen LogP contribution in [0.3, 0.4) is 0 Å². The maximum absolute atomic E-state index is 12.9. The molecule has 1 aliphatic heterocycles. The van der Waals surface area contributed by atoms with E-state index >= 15 is 0 Å². The first kappa shape index (κ1) is 18.9. The Bertz CT molecular complexity index is 793. The molecule has 0 radical (unpaired) electrons. The molecule has 3 rings (SSSR count). The lowest BCUT2D eigenvalue weighted by Crippen LogP contribution is -2.54. The smallest absolute Gasteiger partial charge is 0.337 e. The van der Waals surface area contributed by atoms with Gasteiger partial charge in [0.25, 0.3) is 5.91 Å². The van der Waals surface area contributed by atoms with Crippen molar-refractivity contribution in [3.63, 3.8) is 0 Å². The van der Waals surface area contributed by atoms with E-state index in [0.29, 0.717) is 17.7 Å². The molecule has 0 bridgehead atoms. The average molecular weight is 373 g/mol. The van der Waals surface area contributed by atoms with E-state index in [9.17, 15) is 19.2 Å². The van der Waals surface area contributed by atoms with Crippen LogP contribution in [-0.4, -0.2) is 47.9 Å². The Labute approximate surface area is 157 Å². The first-order valence-electron chi connectivity index (χ1n) is 9.00. The fourth-order valence-electron chi connectivity index (χ4n) is 3.82. The zero-order chi connectivity index (χ0) is 19.6. The SMILES string of the molecule is COC(=O)c1cccc(NC(=O)CN2C(=O)NC3(CCCCC3C)C2=O)c1. The van der Waals surface area contributed by atoms with Crippen molar-refractivity contribution < 1.29 is 23.9 Å². The van der Waals surface area contributed by atoms with Crippen molar-refractivity contribution in [2.45, 2.75) is 38.1 Å². The molecule has 2 N–H and O–H groups in total. The number of carbonyl (C=O) groups is 4. The summed E-state index contributed by atoms with van der Waals surface area (Å²) in [6, 6.07) is 5.72. The normalized spacial score (nSPS) is 24.7. The average Bonchev–Trinajstić information content (AvgIpc) is 2.88. The fraction of sp³-hybridized carbons (Fsp3) is 0.474. The monoisotopic (exact) mass is 373 g/mol. The molecule has 8 heteroatoms. The maximum Gasteiger partial charge on any atom is 0.337 e. The summed E-state index contributed by atoms with van der Waals surface area (Å²) in [5.74, 6) is -1.33. The minimum atomic E-state index is -0.888. The van der Waals surface area contributed by atoms with Crippen LogP contribution in [0.1, 0.15) is 43.0 Å². The van der Waals surface area contributed by atoms with Crippen LogP contribution in [0.4, 0.5) is 10.5 Å². The first-order chi connectivity index (χ1) is 12.9. The van der Waals surface area contributed by atoms with E-state index in [1.165, 1.54) is 13.2 Å². The lowest BCUT2D eigenvalue weighted by atomic mass is 9.73. The summed E-state index contributed by atoms with van der Waals surface area (Å²) in [6.07, 6.45) is 3.37. The number of hydrogen-bond donors (Lipinski definition) is 2. The highest BCUT2D eigenvalue weighted by molar-refractivity contribution is 6.10. The van der Waals surface area contributed by atoms with Gasteiger partial charge in [0.2, 0.25) is 5.91 Å². The Morgan fingerprint density at radius 1 is 1.33 bits per heavy atom. The maximum atomic E-state index is 12.9. The Balaban J connectivity index is 1.68. The molecule has 1 aromatic rings. The van der Waals surface area contributed by atoms with Crippen LogP contribution >= 0.6 is 0 Å². The molecule has 4 amide bonds. The van der Waals surface area contributed by atoms with Crippen molar-refractivity contribution in [1.82, 2.24) is 10.2 Å². The number of rotatable bonds is 4. The van der Waals surface area contributed by atoms with Crippen molar-refractivity contribution in [2.75, 3.05) is 19.0 Å². The van der Waals surface area contributed by atoms with E-state index in [2.05, 4.69) is 15.4 Å². The number of carbonyl (C=O) groups excluding carboxylic acids is 4. The summed E-state index contributed by atoms with van der Waals surface area (Å²) in [5, 5.41) is 5.43. The van der Waals surface area contributed by atoms with Gasteiger partial charge in [-0.05, 0) is 37.0 Å². The number of esters is 1. The Morgan fingerprint density at radius 3 is 2.81 bits per heavy atom. The van der Waals surface area contributed by atoms with Gasteiger partial charge >= 0.3 is 12.0 Å². The van der Waals surface area contributed by atoms with Gasteiger partial charge in [-0.3, -0.25) is 14.5 Å². The molecule has 1 spiro atoms. The van der Waals surface area contributed by atoms with E-state index in [1.807, 2.05) is 6.92 Å². The summed E-state index contributed by atoms with van der Waals surface area (Å²) in [4.78, 5) is 50.1. The van der Waals surface area contributed by atoms with Gasteiger partial charge in [0.1, 0.15) is 12.1 Å². The lowest BCUT2D eigenvalue weighted by molar-refractivity contribution is -0.136. The number of nitrogens with zero attached hydrogens (tertiary/aromatic N) is 1. The van der Waals surface area contributed by atoms with E-state index in [4.69, 9.17) is 0 Å². The molecule has 1 saturated heterocycles. The number of anilines is 1. The van der Waals surface area contributed by atoms with Crippen molar-refractivity contribution in [3.8, 4) is 0 Å². The largest absolute Gasteiger partial charge is 0.465 e. The molecule has 8 nitrogen and oxygen atoms in total. The molecular formula is C19H23N3O5. The summed E-state index contributed by atoms with van der Waals surface area (Å²) in [7, 11) is 1.27. The molecule has 1 aliphatic carbocycles. The number of nitrogens with one attached hydrogen (secondary N) is 2. The Hall–Kier alpha value is -2.90. The molecule has 2 atom stereocenters. The second-order valence-electron chi connectivity index (χ2n) is 7.06. The van der Waals surface area contributed by atoms with Gasteiger partial charge in [-0.25, -0.2) is 9.59 Å². The first-order valence-corrected chi connectivity index (χ1v) is 9.00. The highest BCUT2D eigenvalue weighted by atomic mass is 16.5. The Morgan fingerprint density at radius 2 is 2.11 bits per heavy atom. The molecule has 27 heavy (non-hydrogen) atoms. The molecular weight excluding hydrogens is 350 g/mol. The van der Waals surface area contributed by atoms with Crippen LogP contribution < -0.4 is 10.6 Å². The van der Waals surface area contributed by atoms with Crippen molar-refractivity contribution in [3.05, 3.63) is 29.8 Å². The summed E-state index contributed by atoms with van der Waals surface area (Å²) in [5.41, 5.74) is -0.212. The van der Waals surface area contributed by atoms with Crippen LogP contribution in [0.25, 0.3) is 0 Å². The van der Waals surface area contributed by atoms with E-state index < -0.39 is 23.4 Å². The fourth-order valence-corrected chi connectivity index (χ4v) is 3.82. The predicted molar refractivity (Wildman–Crippen MR) is 97.0 cm³/mol. The van der Waals surface area contributed by atoms with Crippen LogP contribution in [0, 0.1) is 5.92 Å². The molecule has 1 aromatic carbocycles. The number of amides is 4. The third kappa shape index (κ3) is 3.51. The predicted octanol–water partition coefficient (Wildman–Crippen LogP) is 1.91. The van der Waals surface area contributed by atoms with Gasteiger partial charge in [-0.2, -0.15) is 0 Å². The zero-order valence-electron chi connectivity index (χ0n) is 15.4. The minimum Gasteiger partial charge on any atom is -0.465 e. The molecule has 2 aliphatic rings. The number of hydrogen-bond acceptors (Lipinski definition) is 5. The number of ether oxygens (including phenoxy) is 1. The topological polar surface area (TPSA) is 105 Å². The van der Waals surface area contributed by atoms with Gasteiger partial charge in [0.15, 0.2) is 0 Å². The lowest BCUT2D eigenvalue weighted by Gasteiger charge is -2.36. The molecule has 1 saturated carbocycles. The van der Waals surface area contributed by atoms with E-state index in [-0.39, 0.29) is 18.4 Å². The van der Waals surface area contributed by atoms with E-state index in [0.717, 1.165) is 24.2 Å². The quantitative estimate of drug-likeness (QED) is 0.620. The standard InChI is InChI=1S/C19H23N3O5/c1-12-6-3-4-9-19(12)17(25)22(18(26)21-19)11-15(23)20-14-8-5-7-13(10-14)16(24)27-2/h5,7-8,10,12H,3-4,6,9,11H2,1-2H3,(H,20,23)(H,21,26). The van der Waals surface area contributed by atoms with Gasteiger partial charge in [-0.1, -0.05) is 25.8 Å². The van der Waals surface area contributed by atoms with Crippen molar-refractivity contribution in [1.29, 1.82) is 0 Å². The highest BCUT2D eigenvalue weighted by Gasteiger charge is 2.55. The van der Waals surface area contributed by atoms with E-state index in [1.54, 1.807) is 18.2 Å².